The number of benzene rings is 1. The van der Waals surface area contributed by atoms with Gasteiger partial charge in [-0.05, 0) is 31.0 Å². The van der Waals surface area contributed by atoms with Gasteiger partial charge in [-0.3, -0.25) is 14.6 Å². The first-order chi connectivity index (χ1) is 15.8. The van der Waals surface area contributed by atoms with E-state index in [1.54, 1.807) is 0 Å². The summed E-state index contributed by atoms with van der Waals surface area (Å²) in [6, 6.07) is 5.30. The number of rotatable bonds is 10. The molecule has 1 fully saturated rings. The van der Waals surface area contributed by atoms with Crippen LogP contribution in [-0.2, 0) is 24.0 Å². The van der Waals surface area contributed by atoms with Crippen molar-refractivity contribution in [2.45, 2.75) is 45.6 Å². The molecule has 0 saturated carbocycles. The minimum Gasteiger partial charge on any atom is -0.447 e. The SMILES string of the molecule is CCC(C)N(Cc1ccc(C(F)(F)F)cc1)Cc1nc(C(=O)NCCN2CCOCC2)co1. The summed E-state index contributed by atoms with van der Waals surface area (Å²) in [7, 11) is 0. The van der Waals surface area contributed by atoms with Gasteiger partial charge in [0.15, 0.2) is 5.69 Å². The molecule has 1 saturated heterocycles. The van der Waals surface area contributed by atoms with Gasteiger partial charge in [-0.25, -0.2) is 4.98 Å². The standard InChI is InChI=1S/C23H31F3N4O3/c1-3-17(2)30(14-18-4-6-19(7-5-18)23(24,25)26)15-21-28-20(16-33-21)22(31)27-8-9-29-10-12-32-13-11-29/h4-7,16-17H,3,8-15H2,1-2H3,(H,27,31). The van der Waals surface area contributed by atoms with Crippen LogP contribution in [0, 0.1) is 0 Å². The second-order valence-electron chi connectivity index (χ2n) is 8.19. The number of nitrogens with one attached hydrogen (secondary N) is 1. The fourth-order valence-corrected chi connectivity index (χ4v) is 3.56. The number of nitrogens with zero attached hydrogens (tertiary/aromatic N) is 3. The highest BCUT2D eigenvalue weighted by atomic mass is 19.4. The van der Waals surface area contributed by atoms with E-state index in [0.29, 0.717) is 38.7 Å². The number of halogens is 3. The quantitative estimate of drug-likeness (QED) is 0.575. The summed E-state index contributed by atoms with van der Waals surface area (Å²) < 4.78 is 49.3. The van der Waals surface area contributed by atoms with Crippen LogP contribution in [0.2, 0.25) is 0 Å². The van der Waals surface area contributed by atoms with Crippen molar-refractivity contribution in [1.82, 2.24) is 20.1 Å². The molecule has 182 valence electrons. The zero-order valence-electron chi connectivity index (χ0n) is 19.0. The molecule has 1 atom stereocenters. The Morgan fingerprint density at radius 3 is 2.55 bits per heavy atom. The lowest BCUT2D eigenvalue weighted by Gasteiger charge is -2.27. The predicted molar refractivity (Wildman–Crippen MR) is 117 cm³/mol. The van der Waals surface area contributed by atoms with Gasteiger partial charge in [0, 0.05) is 38.8 Å². The van der Waals surface area contributed by atoms with Crippen LogP contribution in [0.5, 0.6) is 0 Å². The molecule has 10 heteroatoms. The van der Waals surface area contributed by atoms with Crippen LogP contribution in [0.1, 0.15) is 47.8 Å². The number of carbonyl (C=O) groups is 1. The van der Waals surface area contributed by atoms with Gasteiger partial charge >= 0.3 is 6.18 Å². The highest BCUT2D eigenvalue weighted by Crippen LogP contribution is 2.29. The molecule has 0 bridgehead atoms. The Hall–Kier alpha value is -2.43. The monoisotopic (exact) mass is 468 g/mol. The van der Waals surface area contributed by atoms with Crippen LogP contribution >= 0.6 is 0 Å². The first-order valence-electron chi connectivity index (χ1n) is 11.2. The van der Waals surface area contributed by atoms with Gasteiger partial charge in [0.25, 0.3) is 5.91 Å². The molecule has 0 spiro atoms. The van der Waals surface area contributed by atoms with E-state index in [1.807, 2.05) is 13.8 Å². The molecule has 1 unspecified atom stereocenters. The maximum atomic E-state index is 12.8. The summed E-state index contributed by atoms with van der Waals surface area (Å²) in [6.07, 6.45) is -2.17. The van der Waals surface area contributed by atoms with Crippen molar-refractivity contribution >= 4 is 5.91 Å². The van der Waals surface area contributed by atoms with Crippen molar-refractivity contribution in [1.29, 1.82) is 0 Å². The van der Waals surface area contributed by atoms with E-state index >= 15 is 0 Å². The highest BCUT2D eigenvalue weighted by Gasteiger charge is 2.30. The van der Waals surface area contributed by atoms with Crippen LogP contribution in [-0.4, -0.2) is 66.1 Å². The van der Waals surface area contributed by atoms with Crippen LogP contribution in [0.4, 0.5) is 13.2 Å². The van der Waals surface area contributed by atoms with Crippen molar-refractivity contribution in [3.05, 3.63) is 53.2 Å². The number of carbonyl (C=O) groups excluding carboxylic acids is 1. The molecule has 1 aliphatic heterocycles. The van der Waals surface area contributed by atoms with E-state index in [4.69, 9.17) is 9.15 Å². The number of oxazole rings is 1. The number of amides is 1. The summed E-state index contributed by atoms with van der Waals surface area (Å²) in [5, 5.41) is 2.85. The minimum atomic E-state index is -4.35. The average molecular weight is 469 g/mol. The zero-order chi connectivity index (χ0) is 23.8. The number of ether oxygens (including phenoxy) is 1. The number of morpholine rings is 1. The second-order valence-corrected chi connectivity index (χ2v) is 8.19. The normalized spacial score (nSPS) is 16.2. The fraction of sp³-hybridized carbons (Fsp3) is 0.565. The topological polar surface area (TPSA) is 70.8 Å². The highest BCUT2D eigenvalue weighted by molar-refractivity contribution is 5.91. The summed E-state index contributed by atoms with van der Waals surface area (Å²) in [5.74, 6) is 0.0941. The lowest BCUT2D eigenvalue weighted by atomic mass is 10.1. The summed E-state index contributed by atoms with van der Waals surface area (Å²) in [5.41, 5.74) is 0.305. The number of aromatic nitrogens is 1. The van der Waals surface area contributed by atoms with Crippen LogP contribution < -0.4 is 5.32 Å². The third kappa shape index (κ3) is 7.55. The Balaban J connectivity index is 1.55. The molecule has 2 aromatic rings. The van der Waals surface area contributed by atoms with Gasteiger partial charge in [0.1, 0.15) is 6.26 Å². The second kappa shape index (κ2) is 11.6. The van der Waals surface area contributed by atoms with E-state index in [0.717, 1.165) is 43.8 Å². The molecule has 2 heterocycles. The van der Waals surface area contributed by atoms with Gasteiger partial charge in [0.2, 0.25) is 5.89 Å². The molecule has 33 heavy (non-hydrogen) atoms. The molecule has 3 rings (SSSR count). The number of hydrogen-bond acceptors (Lipinski definition) is 6. The third-order valence-electron chi connectivity index (χ3n) is 5.82. The molecule has 0 radical (unpaired) electrons. The van der Waals surface area contributed by atoms with E-state index in [9.17, 15) is 18.0 Å². The lowest BCUT2D eigenvalue weighted by molar-refractivity contribution is -0.137. The van der Waals surface area contributed by atoms with Crippen molar-refractivity contribution in [2.75, 3.05) is 39.4 Å². The number of alkyl halides is 3. The Kier molecular flexibility index (Phi) is 8.87. The van der Waals surface area contributed by atoms with Crippen LogP contribution in [0.15, 0.2) is 34.9 Å². The van der Waals surface area contributed by atoms with E-state index in [2.05, 4.69) is 20.1 Å². The van der Waals surface area contributed by atoms with Gasteiger partial charge in [-0.15, -0.1) is 0 Å². The Bertz CT molecular complexity index is 880. The lowest BCUT2D eigenvalue weighted by Crippen LogP contribution is -2.41. The maximum absolute atomic E-state index is 12.8. The summed E-state index contributed by atoms with van der Waals surface area (Å²) >= 11 is 0. The molecule has 1 aromatic heterocycles. The first kappa shape index (κ1) is 25.2. The molecule has 7 nitrogen and oxygen atoms in total. The van der Waals surface area contributed by atoms with Gasteiger partial charge in [0.05, 0.1) is 25.3 Å². The molecule has 1 aromatic carbocycles. The molecule has 1 N–H and O–H groups in total. The van der Waals surface area contributed by atoms with E-state index in [-0.39, 0.29) is 17.6 Å². The van der Waals surface area contributed by atoms with Crippen molar-refractivity contribution in [3.8, 4) is 0 Å². The minimum absolute atomic E-state index is 0.144. The van der Waals surface area contributed by atoms with Gasteiger partial charge < -0.3 is 14.5 Å². The van der Waals surface area contributed by atoms with Crippen molar-refractivity contribution in [2.24, 2.45) is 0 Å². The molecular formula is C23H31F3N4O3. The van der Waals surface area contributed by atoms with E-state index in [1.165, 1.54) is 18.4 Å². The maximum Gasteiger partial charge on any atom is 0.416 e. The largest absolute Gasteiger partial charge is 0.447 e. The molecule has 0 aliphatic carbocycles. The molecule has 1 amide bonds. The molecule has 1 aliphatic rings. The van der Waals surface area contributed by atoms with Crippen molar-refractivity contribution in [3.63, 3.8) is 0 Å². The van der Waals surface area contributed by atoms with Gasteiger partial charge in [-0.2, -0.15) is 13.2 Å². The molecular weight excluding hydrogens is 437 g/mol. The third-order valence-corrected chi connectivity index (χ3v) is 5.82. The zero-order valence-corrected chi connectivity index (χ0v) is 19.0. The Labute approximate surface area is 191 Å². The smallest absolute Gasteiger partial charge is 0.416 e. The van der Waals surface area contributed by atoms with Gasteiger partial charge in [-0.1, -0.05) is 19.1 Å². The Morgan fingerprint density at radius 1 is 1.21 bits per heavy atom. The average Bonchev–Trinajstić information content (AvgIpc) is 3.27. The van der Waals surface area contributed by atoms with E-state index < -0.39 is 11.7 Å². The fourth-order valence-electron chi connectivity index (χ4n) is 3.56. The number of hydrogen-bond donors (Lipinski definition) is 1. The van der Waals surface area contributed by atoms with Crippen LogP contribution in [0.25, 0.3) is 0 Å². The first-order valence-corrected chi connectivity index (χ1v) is 11.2. The summed E-state index contributed by atoms with van der Waals surface area (Å²) in [4.78, 5) is 21.0. The van der Waals surface area contributed by atoms with Crippen molar-refractivity contribution < 1.29 is 27.1 Å². The predicted octanol–water partition coefficient (Wildman–Crippen LogP) is 3.56. The van der Waals surface area contributed by atoms with Crippen LogP contribution in [0.3, 0.4) is 0 Å². The Morgan fingerprint density at radius 2 is 1.91 bits per heavy atom. The summed E-state index contributed by atoms with van der Waals surface area (Å²) in [6.45, 7) is 9.23.